The fourth-order valence-electron chi connectivity index (χ4n) is 2.09. The molecule has 0 fully saturated rings. The van der Waals surface area contributed by atoms with Crippen LogP contribution in [0.1, 0.15) is 11.1 Å². The molecule has 0 radical (unpaired) electrons. The van der Waals surface area contributed by atoms with Gasteiger partial charge < -0.3 is 0 Å². The Morgan fingerprint density at radius 2 is 1.04 bits per heavy atom. The molecule has 2 rings (SSSR count). The van der Waals surface area contributed by atoms with Crippen LogP contribution in [0.4, 0.5) is 0 Å². The van der Waals surface area contributed by atoms with Crippen LogP contribution < -0.4 is 9.44 Å². The molecule has 0 aliphatic carbocycles. The fourth-order valence-corrected chi connectivity index (χ4v) is 4.70. The Morgan fingerprint density at radius 3 is 1.39 bits per heavy atom. The number of hydrogen-bond acceptors (Lipinski definition) is 7. The quantitative estimate of drug-likeness (QED) is 0.373. The van der Waals surface area contributed by atoms with Crippen molar-refractivity contribution < 1.29 is 30.4 Å². The minimum absolute atomic E-state index is 0.252. The normalized spacial score (nSPS) is 12.3. The zero-order valence-electron chi connectivity index (χ0n) is 14.8. The van der Waals surface area contributed by atoms with E-state index in [1.54, 1.807) is 60.7 Å². The lowest BCUT2D eigenvalue weighted by Crippen LogP contribution is -2.28. The molecule has 2 aromatic carbocycles. The maximum Gasteiger partial charge on any atom is 0.321 e. The summed E-state index contributed by atoms with van der Waals surface area (Å²) in [6.45, 7) is -1.10. The number of benzene rings is 2. The number of nitrogens with one attached hydrogen (secondary N) is 2. The maximum atomic E-state index is 11.9. The second kappa shape index (κ2) is 10.8. The van der Waals surface area contributed by atoms with Crippen LogP contribution >= 0.6 is 8.25 Å². The Labute approximate surface area is 165 Å². The molecule has 154 valence electrons. The van der Waals surface area contributed by atoms with Crippen LogP contribution in [0.2, 0.25) is 0 Å². The van der Waals surface area contributed by atoms with E-state index in [4.69, 9.17) is 9.05 Å². The van der Waals surface area contributed by atoms with Gasteiger partial charge in [-0.2, -0.15) is 9.44 Å². The van der Waals surface area contributed by atoms with Gasteiger partial charge in [-0.3, -0.25) is 13.6 Å². The van der Waals surface area contributed by atoms with Crippen molar-refractivity contribution in [3.8, 4) is 0 Å². The molecule has 0 amide bonds. The summed E-state index contributed by atoms with van der Waals surface area (Å²) in [5.74, 6) is -0.503. The standard InChI is InChI=1S/C16H21N2O7PS2/c19-26(24-13-17-27(20,21)11-15-7-3-1-4-8-15)25-14-18-28(22,23)12-16-9-5-2-6-10-16/h1-10,17-18,26H,11-14H2. The van der Waals surface area contributed by atoms with Crippen molar-refractivity contribution in [2.24, 2.45) is 0 Å². The summed E-state index contributed by atoms with van der Waals surface area (Å²) in [5.41, 5.74) is 1.18. The molecule has 0 aromatic heterocycles. The predicted molar refractivity (Wildman–Crippen MR) is 105 cm³/mol. The Kier molecular flexibility index (Phi) is 8.77. The van der Waals surface area contributed by atoms with E-state index in [0.29, 0.717) is 11.1 Å². The Morgan fingerprint density at radius 1 is 0.679 bits per heavy atom. The number of sulfonamides is 2. The Hall–Kier alpha value is -1.59. The highest BCUT2D eigenvalue weighted by Crippen LogP contribution is 2.22. The van der Waals surface area contributed by atoms with Gasteiger partial charge in [-0.1, -0.05) is 60.7 Å². The van der Waals surface area contributed by atoms with Gasteiger partial charge in [0.25, 0.3) is 0 Å². The first kappa shape index (κ1) is 22.7. The monoisotopic (exact) mass is 448 g/mol. The molecular weight excluding hydrogens is 427 g/mol. The van der Waals surface area contributed by atoms with Crippen LogP contribution in [0.5, 0.6) is 0 Å². The largest absolute Gasteiger partial charge is 0.321 e. The molecule has 9 nitrogen and oxygen atoms in total. The zero-order valence-corrected chi connectivity index (χ0v) is 17.4. The maximum absolute atomic E-state index is 11.9. The molecule has 12 heteroatoms. The molecule has 0 atom stereocenters. The van der Waals surface area contributed by atoms with E-state index in [0.717, 1.165) is 0 Å². The molecule has 0 aliphatic heterocycles. The van der Waals surface area contributed by atoms with Crippen molar-refractivity contribution in [3.63, 3.8) is 0 Å². The molecule has 0 saturated heterocycles. The highest BCUT2D eigenvalue weighted by Gasteiger charge is 2.13. The number of rotatable bonds is 12. The summed E-state index contributed by atoms with van der Waals surface area (Å²) in [5, 5.41) is 0. The van der Waals surface area contributed by atoms with Crippen molar-refractivity contribution >= 4 is 28.3 Å². The molecule has 0 aliphatic rings. The van der Waals surface area contributed by atoms with Gasteiger partial charge in [0.15, 0.2) is 0 Å². The van der Waals surface area contributed by atoms with Crippen molar-refractivity contribution in [1.29, 1.82) is 0 Å². The van der Waals surface area contributed by atoms with Gasteiger partial charge in [-0.05, 0) is 11.1 Å². The van der Waals surface area contributed by atoms with Crippen LogP contribution in [0.15, 0.2) is 60.7 Å². The van der Waals surface area contributed by atoms with Crippen LogP contribution in [-0.2, 0) is 45.2 Å². The van der Waals surface area contributed by atoms with E-state index in [9.17, 15) is 21.4 Å². The van der Waals surface area contributed by atoms with E-state index < -0.39 is 41.8 Å². The summed E-state index contributed by atoms with van der Waals surface area (Å²) in [7, 11) is -10.4. The molecule has 0 unspecified atom stereocenters. The van der Waals surface area contributed by atoms with Crippen LogP contribution in [0.25, 0.3) is 0 Å². The summed E-state index contributed by atoms with van der Waals surface area (Å²) in [6, 6.07) is 17.0. The van der Waals surface area contributed by atoms with Gasteiger partial charge in [0, 0.05) is 0 Å². The second-order valence-electron chi connectivity index (χ2n) is 5.61. The van der Waals surface area contributed by atoms with Crippen molar-refractivity contribution in [2.45, 2.75) is 11.5 Å². The molecule has 0 spiro atoms. The topological polar surface area (TPSA) is 128 Å². The van der Waals surface area contributed by atoms with Gasteiger partial charge >= 0.3 is 8.25 Å². The average Bonchev–Trinajstić information content (AvgIpc) is 2.62. The Bertz CT molecular complexity index is 889. The summed E-state index contributed by atoms with van der Waals surface area (Å²) in [4.78, 5) is 0. The van der Waals surface area contributed by atoms with Gasteiger partial charge in [-0.25, -0.2) is 16.8 Å². The first-order valence-electron chi connectivity index (χ1n) is 8.08. The molecule has 2 aromatic rings. The van der Waals surface area contributed by atoms with Gasteiger partial charge in [0.05, 0.1) is 11.5 Å². The van der Waals surface area contributed by atoms with Gasteiger partial charge in [-0.15, -0.1) is 0 Å². The van der Waals surface area contributed by atoms with Crippen LogP contribution in [0.3, 0.4) is 0 Å². The highest BCUT2D eigenvalue weighted by atomic mass is 32.2. The first-order valence-corrected chi connectivity index (χ1v) is 12.6. The van der Waals surface area contributed by atoms with Crippen molar-refractivity contribution in [3.05, 3.63) is 71.8 Å². The van der Waals surface area contributed by atoms with E-state index in [1.807, 2.05) is 0 Å². The van der Waals surface area contributed by atoms with Gasteiger partial charge in [0.1, 0.15) is 13.5 Å². The Balaban J connectivity index is 1.67. The molecule has 0 saturated carbocycles. The minimum Gasteiger partial charge on any atom is -0.294 e. The lowest BCUT2D eigenvalue weighted by molar-refractivity contribution is 0.221. The lowest BCUT2D eigenvalue weighted by Gasteiger charge is -2.09. The molecular formula is C16H21N2O7PS2. The lowest BCUT2D eigenvalue weighted by atomic mass is 10.2. The minimum atomic E-state index is -3.67. The third kappa shape index (κ3) is 9.07. The van der Waals surface area contributed by atoms with Crippen molar-refractivity contribution in [1.82, 2.24) is 9.44 Å². The third-order valence-electron chi connectivity index (χ3n) is 3.34. The van der Waals surface area contributed by atoms with E-state index in [1.165, 1.54) is 0 Å². The smallest absolute Gasteiger partial charge is 0.294 e. The van der Waals surface area contributed by atoms with Crippen LogP contribution in [-0.4, -0.2) is 30.3 Å². The first-order chi connectivity index (χ1) is 13.3. The predicted octanol–water partition coefficient (Wildman–Crippen LogP) is 1.56. The van der Waals surface area contributed by atoms with Crippen LogP contribution in [0, 0.1) is 0 Å². The third-order valence-corrected chi connectivity index (χ3v) is 6.64. The molecule has 28 heavy (non-hydrogen) atoms. The SMILES string of the molecule is O=[PH](OCNS(=O)(=O)Cc1ccccc1)OCNS(=O)(=O)Cc1ccccc1. The average molecular weight is 448 g/mol. The summed E-state index contributed by atoms with van der Waals surface area (Å²) < 4.78 is 72.9. The second-order valence-corrected chi connectivity index (χ2v) is 10.3. The zero-order chi connectivity index (χ0) is 20.5. The van der Waals surface area contributed by atoms with E-state index >= 15 is 0 Å². The summed E-state index contributed by atoms with van der Waals surface area (Å²) in [6.07, 6.45) is 0. The highest BCUT2D eigenvalue weighted by molar-refractivity contribution is 7.88. The molecule has 2 N–H and O–H groups in total. The fraction of sp³-hybridized carbons (Fsp3) is 0.250. The molecule has 0 bridgehead atoms. The van der Waals surface area contributed by atoms with E-state index in [2.05, 4.69) is 9.44 Å². The molecule has 0 heterocycles. The van der Waals surface area contributed by atoms with E-state index in [-0.39, 0.29) is 11.5 Å². The van der Waals surface area contributed by atoms with Gasteiger partial charge in [0.2, 0.25) is 20.0 Å². The summed E-state index contributed by atoms with van der Waals surface area (Å²) >= 11 is 0. The van der Waals surface area contributed by atoms with Crippen molar-refractivity contribution in [2.75, 3.05) is 13.5 Å². The number of hydrogen-bond donors (Lipinski definition) is 2.